The molecule has 1 fully saturated rings. The van der Waals surface area contributed by atoms with Crippen molar-refractivity contribution in [3.8, 4) is 11.8 Å². The van der Waals surface area contributed by atoms with Gasteiger partial charge >= 0.3 is 0 Å². The number of amides is 2. The van der Waals surface area contributed by atoms with Gasteiger partial charge in [0, 0.05) is 30.9 Å². The van der Waals surface area contributed by atoms with Crippen LogP contribution < -0.4 is 10.1 Å². The van der Waals surface area contributed by atoms with E-state index in [9.17, 15) is 14.9 Å². The molecule has 5 aromatic rings. The molecule has 2 aromatic heterocycles. The number of piperidine rings is 1. The van der Waals surface area contributed by atoms with E-state index in [-0.39, 0.29) is 36.5 Å². The first-order chi connectivity index (χ1) is 23.1. The first-order valence-corrected chi connectivity index (χ1v) is 16.0. The van der Waals surface area contributed by atoms with Crippen LogP contribution in [0, 0.1) is 17.2 Å². The quantitative estimate of drug-likeness (QED) is 0.179. The molecule has 2 amide bonds. The van der Waals surface area contributed by atoms with Crippen LogP contribution in [-0.2, 0) is 22.6 Å². The third-order valence-electron chi connectivity index (χ3n) is 8.79. The van der Waals surface area contributed by atoms with Gasteiger partial charge in [-0.25, -0.2) is 4.98 Å². The highest BCUT2D eigenvalue weighted by atomic mass is 16.5. The Kier molecular flexibility index (Phi) is 10.1. The van der Waals surface area contributed by atoms with Gasteiger partial charge in [-0.3, -0.25) is 14.6 Å². The maximum Gasteiger partial charge on any atom is 0.224 e. The second-order valence-corrected chi connectivity index (χ2v) is 12.0. The Morgan fingerprint density at radius 2 is 1.64 bits per heavy atom. The van der Waals surface area contributed by atoms with E-state index in [2.05, 4.69) is 21.4 Å². The number of carbonyl (C=O) groups excluding carboxylic acids is 2. The molecule has 47 heavy (non-hydrogen) atoms. The van der Waals surface area contributed by atoms with E-state index >= 15 is 0 Å². The number of para-hydroxylation sites is 1. The summed E-state index contributed by atoms with van der Waals surface area (Å²) < 4.78 is 5.95. The highest BCUT2D eigenvalue weighted by molar-refractivity contribution is 5.82. The maximum absolute atomic E-state index is 13.5. The van der Waals surface area contributed by atoms with Crippen molar-refractivity contribution in [3.63, 3.8) is 0 Å². The molecular formula is C39H37N5O3. The summed E-state index contributed by atoms with van der Waals surface area (Å²) in [5, 5.41) is 14.0. The molecule has 3 heterocycles. The normalized spacial score (nSPS) is 14.6. The molecule has 6 rings (SSSR count). The molecule has 2 unspecified atom stereocenters. The number of pyridine rings is 2. The molecule has 8 nitrogen and oxygen atoms in total. The Balaban J connectivity index is 1.02. The monoisotopic (exact) mass is 623 g/mol. The molecule has 3 aromatic carbocycles. The summed E-state index contributed by atoms with van der Waals surface area (Å²) in [6.07, 6.45) is 5.31. The molecule has 2 atom stereocenters. The second kappa shape index (κ2) is 15.2. The molecule has 1 aliphatic heterocycles. The van der Waals surface area contributed by atoms with E-state index in [0.717, 1.165) is 46.1 Å². The number of hydrogen-bond acceptors (Lipinski definition) is 6. The number of likely N-dealkylation sites (tertiary alicyclic amines) is 1. The molecular weight excluding hydrogens is 586 g/mol. The van der Waals surface area contributed by atoms with Crippen molar-refractivity contribution in [2.75, 3.05) is 13.1 Å². The minimum atomic E-state index is -0.451. The molecule has 0 saturated carbocycles. The van der Waals surface area contributed by atoms with Gasteiger partial charge in [0.25, 0.3) is 0 Å². The van der Waals surface area contributed by atoms with Gasteiger partial charge in [0.05, 0.1) is 42.1 Å². The van der Waals surface area contributed by atoms with Crippen LogP contribution in [0.2, 0.25) is 0 Å². The number of benzene rings is 3. The number of nitriles is 1. The number of nitrogens with zero attached hydrogens (tertiary/aromatic N) is 4. The molecule has 1 N–H and O–H groups in total. The van der Waals surface area contributed by atoms with E-state index < -0.39 is 6.04 Å². The molecule has 0 radical (unpaired) electrons. The fourth-order valence-corrected chi connectivity index (χ4v) is 6.22. The van der Waals surface area contributed by atoms with Crippen molar-refractivity contribution < 1.29 is 14.3 Å². The van der Waals surface area contributed by atoms with Crippen molar-refractivity contribution in [1.29, 1.82) is 5.26 Å². The average Bonchev–Trinajstić information content (AvgIpc) is 3.12. The van der Waals surface area contributed by atoms with Gasteiger partial charge in [-0.05, 0) is 65.8 Å². The van der Waals surface area contributed by atoms with Crippen LogP contribution in [0.4, 0.5) is 0 Å². The lowest BCUT2D eigenvalue weighted by Gasteiger charge is -2.35. The third-order valence-corrected chi connectivity index (χ3v) is 8.79. The molecule has 0 spiro atoms. The minimum absolute atomic E-state index is 0.00473. The van der Waals surface area contributed by atoms with E-state index in [1.807, 2.05) is 108 Å². The largest absolute Gasteiger partial charge is 0.487 e. The fourth-order valence-electron chi connectivity index (χ4n) is 6.22. The molecule has 236 valence electrons. The van der Waals surface area contributed by atoms with Crippen molar-refractivity contribution in [3.05, 3.63) is 138 Å². The Morgan fingerprint density at radius 1 is 0.894 bits per heavy atom. The zero-order valence-electron chi connectivity index (χ0n) is 26.2. The summed E-state index contributed by atoms with van der Waals surface area (Å²) in [6, 6.07) is 34.9. The summed E-state index contributed by atoms with van der Waals surface area (Å²) in [5.41, 5.74) is 4.43. The van der Waals surface area contributed by atoms with Crippen LogP contribution in [0.1, 0.15) is 53.6 Å². The van der Waals surface area contributed by atoms with E-state index in [4.69, 9.17) is 4.74 Å². The molecule has 0 aliphatic carbocycles. The lowest BCUT2D eigenvalue weighted by Crippen LogP contribution is -2.42. The SMILES string of the molecule is N#CC(c1cccnc1)C1CCN(C(=O)CC(NC(=O)Cc2ccc(OCc3ccc4ccccc4n3)cc2)c2ccccc2)CC1. The Labute approximate surface area is 275 Å². The lowest BCUT2D eigenvalue weighted by atomic mass is 9.81. The Hall–Kier alpha value is -5.55. The van der Waals surface area contributed by atoms with Crippen LogP contribution in [-0.4, -0.2) is 39.8 Å². The minimum Gasteiger partial charge on any atom is -0.487 e. The summed E-state index contributed by atoms with van der Waals surface area (Å²) in [6.45, 7) is 1.52. The Bertz CT molecular complexity index is 1830. The maximum atomic E-state index is 13.5. The summed E-state index contributed by atoms with van der Waals surface area (Å²) in [5.74, 6) is 0.467. The number of nitrogens with one attached hydrogen (secondary N) is 1. The van der Waals surface area contributed by atoms with Crippen molar-refractivity contribution in [2.24, 2.45) is 5.92 Å². The number of fused-ring (bicyclic) bond motifs is 1. The van der Waals surface area contributed by atoms with Gasteiger partial charge in [0.15, 0.2) is 0 Å². The zero-order valence-corrected chi connectivity index (χ0v) is 26.2. The summed E-state index contributed by atoms with van der Waals surface area (Å²) in [4.78, 5) is 37.4. The van der Waals surface area contributed by atoms with Crippen LogP contribution in [0.5, 0.6) is 5.75 Å². The first kappa shape index (κ1) is 31.4. The molecule has 8 heteroatoms. The summed E-state index contributed by atoms with van der Waals surface area (Å²) in [7, 11) is 0. The number of ether oxygens (including phenoxy) is 1. The standard InChI is InChI=1S/C39H37N5O3/c40-25-35(32-10-6-20-41-26-32)29-18-21-44(22-19-29)39(46)24-37(30-7-2-1-3-8-30)43-38(45)23-28-12-16-34(17-13-28)47-27-33-15-14-31-9-4-5-11-36(31)42-33/h1-17,20,26,29,35,37H,18-19,21-24,27H2,(H,43,45). The number of hydrogen-bond donors (Lipinski definition) is 1. The van der Waals surface area contributed by atoms with Crippen molar-refractivity contribution in [1.82, 2.24) is 20.2 Å². The van der Waals surface area contributed by atoms with Crippen LogP contribution in [0.3, 0.4) is 0 Å². The van der Waals surface area contributed by atoms with Crippen LogP contribution in [0.15, 0.2) is 116 Å². The lowest BCUT2D eigenvalue weighted by molar-refractivity contribution is -0.133. The van der Waals surface area contributed by atoms with E-state index in [1.165, 1.54) is 0 Å². The van der Waals surface area contributed by atoms with Gasteiger partial charge in [0.2, 0.25) is 11.8 Å². The average molecular weight is 624 g/mol. The van der Waals surface area contributed by atoms with Crippen LogP contribution in [0.25, 0.3) is 10.9 Å². The molecule has 1 saturated heterocycles. The molecule has 0 bridgehead atoms. The third kappa shape index (κ3) is 8.19. The summed E-state index contributed by atoms with van der Waals surface area (Å²) >= 11 is 0. The van der Waals surface area contributed by atoms with Crippen LogP contribution >= 0.6 is 0 Å². The number of aromatic nitrogens is 2. The smallest absolute Gasteiger partial charge is 0.224 e. The topological polar surface area (TPSA) is 108 Å². The van der Waals surface area contributed by atoms with Gasteiger partial charge in [0.1, 0.15) is 12.4 Å². The van der Waals surface area contributed by atoms with Gasteiger partial charge in [-0.2, -0.15) is 5.26 Å². The Morgan fingerprint density at radius 3 is 2.38 bits per heavy atom. The van der Waals surface area contributed by atoms with Gasteiger partial charge in [-0.1, -0.05) is 72.8 Å². The van der Waals surface area contributed by atoms with E-state index in [1.54, 1.807) is 12.4 Å². The zero-order chi connectivity index (χ0) is 32.4. The van der Waals surface area contributed by atoms with E-state index in [0.29, 0.717) is 25.4 Å². The predicted molar refractivity (Wildman–Crippen MR) is 180 cm³/mol. The molecule has 1 aliphatic rings. The highest BCUT2D eigenvalue weighted by Crippen LogP contribution is 2.32. The number of carbonyl (C=O) groups is 2. The highest BCUT2D eigenvalue weighted by Gasteiger charge is 2.31. The van der Waals surface area contributed by atoms with Gasteiger partial charge in [-0.15, -0.1) is 0 Å². The predicted octanol–water partition coefficient (Wildman–Crippen LogP) is 6.54. The fraction of sp³-hybridized carbons (Fsp3) is 0.256. The van der Waals surface area contributed by atoms with Gasteiger partial charge < -0.3 is 15.0 Å². The first-order valence-electron chi connectivity index (χ1n) is 16.0. The van der Waals surface area contributed by atoms with Crippen molar-refractivity contribution >= 4 is 22.7 Å². The second-order valence-electron chi connectivity index (χ2n) is 12.0. The van der Waals surface area contributed by atoms with Crippen molar-refractivity contribution in [2.45, 2.75) is 44.2 Å². The number of rotatable bonds is 11.